The molecule has 124 valence electrons. The van der Waals surface area contributed by atoms with Gasteiger partial charge < -0.3 is 10.6 Å². The van der Waals surface area contributed by atoms with E-state index in [2.05, 4.69) is 10.6 Å². The highest BCUT2D eigenvalue weighted by atomic mass is 16.2. The fourth-order valence-electron chi connectivity index (χ4n) is 3.45. The SMILES string of the molecule is Cc1ccc(C2(C)NC(=O)N(CC3CCCNC3)C2=O)cc1C. The number of nitrogens with zero attached hydrogens (tertiary/aromatic N) is 1. The van der Waals surface area contributed by atoms with Gasteiger partial charge in [-0.25, -0.2) is 4.79 Å². The first kappa shape index (κ1) is 16.0. The molecular formula is C18H25N3O2. The van der Waals surface area contributed by atoms with Crippen molar-refractivity contribution in [2.75, 3.05) is 19.6 Å². The van der Waals surface area contributed by atoms with E-state index in [4.69, 9.17) is 0 Å². The molecule has 2 aliphatic heterocycles. The molecule has 3 amide bonds. The van der Waals surface area contributed by atoms with Gasteiger partial charge in [-0.3, -0.25) is 9.69 Å². The highest BCUT2D eigenvalue weighted by Gasteiger charge is 2.49. The second kappa shape index (κ2) is 5.96. The van der Waals surface area contributed by atoms with Crippen molar-refractivity contribution in [3.8, 4) is 0 Å². The Kier molecular flexibility index (Phi) is 4.15. The summed E-state index contributed by atoms with van der Waals surface area (Å²) in [7, 11) is 0. The predicted octanol–water partition coefficient (Wildman–Crippen LogP) is 2.07. The first-order chi connectivity index (χ1) is 10.9. The number of hydrogen-bond donors (Lipinski definition) is 2. The molecule has 2 unspecified atom stereocenters. The molecule has 3 rings (SSSR count). The quantitative estimate of drug-likeness (QED) is 0.840. The predicted molar refractivity (Wildman–Crippen MR) is 89.1 cm³/mol. The van der Waals surface area contributed by atoms with Gasteiger partial charge in [0.2, 0.25) is 0 Å². The topological polar surface area (TPSA) is 61.4 Å². The summed E-state index contributed by atoms with van der Waals surface area (Å²) in [5.41, 5.74) is 2.20. The minimum atomic E-state index is -0.961. The lowest BCUT2D eigenvalue weighted by Gasteiger charge is -2.27. The lowest BCUT2D eigenvalue weighted by atomic mass is 9.89. The van der Waals surface area contributed by atoms with E-state index < -0.39 is 5.54 Å². The number of rotatable bonds is 3. The Hall–Kier alpha value is -1.88. The van der Waals surface area contributed by atoms with Crippen molar-refractivity contribution in [3.63, 3.8) is 0 Å². The number of nitrogens with one attached hydrogen (secondary N) is 2. The molecule has 0 saturated carbocycles. The lowest BCUT2D eigenvalue weighted by molar-refractivity contribution is -0.131. The number of aryl methyl sites for hydroxylation is 2. The fraction of sp³-hybridized carbons (Fsp3) is 0.556. The molecule has 2 N–H and O–H groups in total. The first-order valence-electron chi connectivity index (χ1n) is 8.34. The van der Waals surface area contributed by atoms with E-state index in [-0.39, 0.29) is 11.9 Å². The van der Waals surface area contributed by atoms with Crippen LogP contribution in [-0.2, 0) is 10.3 Å². The van der Waals surface area contributed by atoms with Gasteiger partial charge in [-0.1, -0.05) is 18.2 Å². The Labute approximate surface area is 137 Å². The molecule has 2 aliphatic rings. The van der Waals surface area contributed by atoms with Crippen LogP contribution in [-0.4, -0.2) is 36.5 Å². The number of amides is 3. The van der Waals surface area contributed by atoms with Gasteiger partial charge in [0, 0.05) is 6.54 Å². The van der Waals surface area contributed by atoms with Crippen LogP contribution in [0.4, 0.5) is 4.79 Å². The molecule has 2 saturated heterocycles. The van der Waals surface area contributed by atoms with Crippen LogP contribution in [0.3, 0.4) is 0 Å². The molecule has 2 atom stereocenters. The van der Waals surface area contributed by atoms with E-state index in [1.807, 2.05) is 32.0 Å². The van der Waals surface area contributed by atoms with E-state index in [0.717, 1.165) is 37.1 Å². The Morgan fingerprint density at radius 1 is 1.26 bits per heavy atom. The molecule has 5 heteroatoms. The van der Waals surface area contributed by atoms with Crippen molar-refractivity contribution in [1.29, 1.82) is 0 Å². The fourth-order valence-corrected chi connectivity index (χ4v) is 3.45. The normalized spacial score (nSPS) is 28.1. The minimum absolute atomic E-state index is 0.142. The molecule has 23 heavy (non-hydrogen) atoms. The molecule has 1 aromatic rings. The molecule has 0 radical (unpaired) electrons. The third-order valence-electron chi connectivity index (χ3n) is 5.20. The monoisotopic (exact) mass is 315 g/mol. The van der Waals surface area contributed by atoms with Gasteiger partial charge >= 0.3 is 6.03 Å². The number of benzene rings is 1. The molecule has 2 heterocycles. The van der Waals surface area contributed by atoms with Gasteiger partial charge in [0.15, 0.2) is 0 Å². The van der Waals surface area contributed by atoms with Crippen molar-refractivity contribution in [3.05, 3.63) is 34.9 Å². The zero-order valence-electron chi connectivity index (χ0n) is 14.1. The van der Waals surface area contributed by atoms with E-state index in [9.17, 15) is 9.59 Å². The summed E-state index contributed by atoms with van der Waals surface area (Å²) in [6.07, 6.45) is 2.16. The van der Waals surface area contributed by atoms with Gasteiger partial charge in [-0.15, -0.1) is 0 Å². The molecule has 0 aliphatic carbocycles. The Bertz CT molecular complexity index is 637. The van der Waals surface area contributed by atoms with Crippen molar-refractivity contribution in [2.24, 2.45) is 5.92 Å². The van der Waals surface area contributed by atoms with E-state index >= 15 is 0 Å². The largest absolute Gasteiger partial charge is 0.325 e. The van der Waals surface area contributed by atoms with Crippen molar-refractivity contribution < 1.29 is 9.59 Å². The van der Waals surface area contributed by atoms with Crippen molar-refractivity contribution in [1.82, 2.24) is 15.5 Å². The molecule has 0 aromatic heterocycles. The number of carbonyl (C=O) groups excluding carboxylic acids is 2. The summed E-state index contributed by atoms with van der Waals surface area (Å²) < 4.78 is 0. The van der Waals surface area contributed by atoms with Crippen LogP contribution in [0.15, 0.2) is 18.2 Å². The van der Waals surface area contributed by atoms with Crippen LogP contribution in [0, 0.1) is 19.8 Å². The van der Waals surface area contributed by atoms with Crippen LogP contribution >= 0.6 is 0 Å². The smallest absolute Gasteiger partial charge is 0.319 e. The third kappa shape index (κ3) is 2.85. The van der Waals surface area contributed by atoms with Crippen LogP contribution in [0.2, 0.25) is 0 Å². The average Bonchev–Trinajstić information content (AvgIpc) is 2.75. The highest BCUT2D eigenvalue weighted by Crippen LogP contribution is 2.31. The van der Waals surface area contributed by atoms with E-state index in [1.165, 1.54) is 10.5 Å². The zero-order valence-corrected chi connectivity index (χ0v) is 14.1. The zero-order chi connectivity index (χ0) is 16.6. The second-order valence-corrected chi connectivity index (χ2v) is 6.98. The second-order valence-electron chi connectivity index (χ2n) is 6.98. The number of carbonyl (C=O) groups is 2. The van der Waals surface area contributed by atoms with Crippen LogP contribution in [0.5, 0.6) is 0 Å². The summed E-state index contributed by atoms with van der Waals surface area (Å²) in [6.45, 7) is 8.26. The summed E-state index contributed by atoms with van der Waals surface area (Å²) >= 11 is 0. The molecule has 0 bridgehead atoms. The van der Waals surface area contributed by atoms with Gasteiger partial charge in [0.05, 0.1) is 0 Å². The molecule has 0 spiro atoms. The van der Waals surface area contributed by atoms with Crippen LogP contribution in [0.25, 0.3) is 0 Å². The van der Waals surface area contributed by atoms with Crippen molar-refractivity contribution in [2.45, 2.75) is 39.2 Å². The van der Waals surface area contributed by atoms with E-state index in [1.54, 1.807) is 6.92 Å². The average molecular weight is 315 g/mol. The molecular weight excluding hydrogens is 290 g/mol. The summed E-state index contributed by atoms with van der Waals surface area (Å²) in [5.74, 6) is 0.205. The summed E-state index contributed by atoms with van der Waals surface area (Å²) in [6, 6.07) is 5.66. The van der Waals surface area contributed by atoms with Crippen LogP contribution in [0.1, 0.15) is 36.5 Å². The highest BCUT2D eigenvalue weighted by molar-refractivity contribution is 6.07. The number of piperidine rings is 1. The van der Waals surface area contributed by atoms with E-state index in [0.29, 0.717) is 12.5 Å². The van der Waals surface area contributed by atoms with Gasteiger partial charge in [-0.2, -0.15) is 0 Å². The molecule has 1 aromatic carbocycles. The van der Waals surface area contributed by atoms with Gasteiger partial charge in [-0.05, 0) is 69.3 Å². The summed E-state index contributed by atoms with van der Waals surface area (Å²) in [4.78, 5) is 26.7. The summed E-state index contributed by atoms with van der Waals surface area (Å²) in [5, 5.41) is 6.23. The standard InChI is InChI=1S/C18H25N3O2/c1-12-6-7-15(9-13(12)2)18(3)16(22)21(17(23)20-18)11-14-5-4-8-19-10-14/h6-7,9,14,19H,4-5,8,10-11H2,1-3H3,(H,20,23). The molecule has 5 nitrogen and oxygen atoms in total. The van der Waals surface area contributed by atoms with Gasteiger partial charge in [0.25, 0.3) is 5.91 Å². The minimum Gasteiger partial charge on any atom is -0.319 e. The lowest BCUT2D eigenvalue weighted by Crippen LogP contribution is -2.43. The van der Waals surface area contributed by atoms with Crippen molar-refractivity contribution >= 4 is 11.9 Å². The molecule has 2 fully saturated rings. The number of urea groups is 1. The number of imide groups is 1. The van der Waals surface area contributed by atoms with Gasteiger partial charge in [0.1, 0.15) is 5.54 Å². The third-order valence-corrected chi connectivity index (χ3v) is 5.20. The maximum absolute atomic E-state index is 12.9. The Balaban J connectivity index is 1.82. The Morgan fingerprint density at radius 3 is 2.70 bits per heavy atom. The Morgan fingerprint density at radius 2 is 2.04 bits per heavy atom. The maximum atomic E-state index is 12.9. The first-order valence-corrected chi connectivity index (χ1v) is 8.34. The number of hydrogen-bond acceptors (Lipinski definition) is 3. The van der Waals surface area contributed by atoms with Crippen LogP contribution < -0.4 is 10.6 Å². The maximum Gasteiger partial charge on any atom is 0.325 e.